The van der Waals surface area contributed by atoms with Crippen LogP contribution in [-0.4, -0.2) is 17.6 Å². The molecule has 0 saturated carbocycles. The van der Waals surface area contributed by atoms with Crippen LogP contribution in [0.15, 0.2) is 30.3 Å². The molecule has 4 nitrogen and oxygen atoms in total. The van der Waals surface area contributed by atoms with Crippen molar-refractivity contribution >= 4 is 28.1 Å². The number of aromatic nitrogens is 1. The van der Waals surface area contributed by atoms with Gasteiger partial charge in [0.2, 0.25) is 0 Å². The van der Waals surface area contributed by atoms with Gasteiger partial charge in [-0.3, -0.25) is 0 Å². The van der Waals surface area contributed by atoms with Gasteiger partial charge in [-0.05, 0) is 19.1 Å². The lowest BCUT2D eigenvalue weighted by Gasteiger charge is -2.05. The molecule has 0 unspecified atom stereocenters. The maximum atomic E-state index is 12.9. The number of halogens is 3. The Labute approximate surface area is 122 Å². The van der Waals surface area contributed by atoms with Gasteiger partial charge in [0.15, 0.2) is 10.8 Å². The Kier molecular flexibility index (Phi) is 4.46. The first-order valence-electron chi connectivity index (χ1n) is 5.99. The zero-order chi connectivity index (χ0) is 15.5. The van der Waals surface area contributed by atoms with Crippen molar-refractivity contribution in [3.63, 3.8) is 0 Å². The van der Waals surface area contributed by atoms with Gasteiger partial charge >= 0.3 is 12.1 Å². The predicted molar refractivity (Wildman–Crippen MR) is 72.8 cm³/mol. The number of hydrogen-bond donors (Lipinski definition) is 1. The van der Waals surface area contributed by atoms with E-state index in [2.05, 4.69) is 15.0 Å². The van der Waals surface area contributed by atoms with Gasteiger partial charge in [-0.25, -0.2) is 9.78 Å². The Bertz CT molecular complexity index is 626. The van der Waals surface area contributed by atoms with E-state index in [1.54, 1.807) is 30.3 Å². The quantitative estimate of drug-likeness (QED) is 0.864. The first kappa shape index (κ1) is 15.3. The molecule has 0 saturated heterocycles. The number of ether oxygens (including phenoxy) is 1. The van der Waals surface area contributed by atoms with Gasteiger partial charge in [-0.2, -0.15) is 13.2 Å². The molecule has 21 heavy (non-hydrogen) atoms. The number of carbonyl (C=O) groups is 1. The van der Waals surface area contributed by atoms with E-state index < -0.39 is 22.7 Å². The summed E-state index contributed by atoms with van der Waals surface area (Å²) in [6, 6.07) is 8.59. The van der Waals surface area contributed by atoms with Crippen molar-refractivity contribution in [1.82, 2.24) is 4.98 Å². The van der Waals surface area contributed by atoms with Crippen LogP contribution in [0.3, 0.4) is 0 Å². The summed E-state index contributed by atoms with van der Waals surface area (Å²) in [6.45, 7) is 1.52. The lowest BCUT2D eigenvalue weighted by atomic mass is 10.3. The van der Waals surface area contributed by atoms with Gasteiger partial charge in [0.25, 0.3) is 0 Å². The van der Waals surface area contributed by atoms with Gasteiger partial charge in [0.1, 0.15) is 4.88 Å². The van der Waals surface area contributed by atoms with Crippen molar-refractivity contribution in [1.29, 1.82) is 0 Å². The molecule has 0 bridgehead atoms. The molecular formula is C13H11F3N2O2S. The smallest absolute Gasteiger partial charge is 0.435 e. The summed E-state index contributed by atoms with van der Waals surface area (Å²) in [7, 11) is 0. The molecule has 0 atom stereocenters. The molecule has 1 N–H and O–H groups in total. The van der Waals surface area contributed by atoms with Crippen molar-refractivity contribution in [2.24, 2.45) is 0 Å². The van der Waals surface area contributed by atoms with Gasteiger partial charge in [-0.15, -0.1) is 0 Å². The number of alkyl halides is 3. The van der Waals surface area contributed by atoms with Crippen LogP contribution in [0.4, 0.5) is 24.0 Å². The normalized spacial score (nSPS) is 11.2. The lowest BCUT2D eigenvalue weighted by Crippen LogP contribution is -2.13. The number of thiazole rings is 1. The maximum Gasteiger partial charge on any atom is 0.435 e. The van der Waals surface area contributed by atoms with Crippen LogP contribution in [0.1, 0.15) is 22.3 Å². The summed E-state index contributed by atoms with van der Waals surface area (Å²) >= 11 is 0.613. The van der Waals surface area contributed by atoms with Crippen molar-refractivity contribution in [3.8, 4) is 0 Å². The van der Waals surface area contributed by atoms with E-state index in [1.165, 1.54) is 6.92 Å². The Morgan fingerprint density at radius 2 is 2.00 bits per heavy atom. The minimum atomic E-state index is -4.71. The summed E-state index contributed by atoms with van der Waals surface area (Å²) in [5.41, 5.74) is -0.653. The number of esters is 1. The van der Waals surface area contributed by atoms with Crippen molar-refractivity contribution < 1.29 is 22.7 Å². The molecule has 8 heteroatoms. The molecule has 0 amide bonds. The molecule has 0 spiro atoms. The number of nitrogens with zero attached hydrogens (tertiary/aromatic N) is 1. The SMILES string of the molecule is CCOC(=O)c1sc(Nc2ccccc2)nc1C(F)(F)F. The predicted octanol–water partition coefficient (Wildman–Crippen LogP) is 4.08. The van der Waals surface area contributed by atoms with Crippen LogP contribution in [-0.2, 0) is 10.9 Å². The second-order valence-electron chi connectivity index (χ2n) is 3.91. The number of benzene rings is 1. The second-order valence-corrected chi connectivity index (χ2v) is 4.91. The van der Waals surface area contributed by atoms with Crippen LogP contribution in [0.2, 0.25) is 0 Å². The maximum absolute atomic E-state index is 12.9. The number of hydrogen-bond acceptors (Lipinski definition) is 5. The number of nitrogens with one attached hydrogen (secondary N) is 1. The molecular weight excluding hydrogens is 305 g/mol. The minimum Gasteiger partial charge on any atom is -0.462 e. The molecule has 1 aromatic heterocycles. The Morgan fingerprint density at radius 1 is 1.33 bits per heavy atom. The molecule has 112 valence electrons. The lowest BCUT2D eigenvalue weighted by molar-refractivity contribution is -0.141. The van der Waals surface area contributed by atoms with Crippen LogP contribution >= 0.6 is 11.3 Å². The van der Waals surface area contributed by atoms with Crippen LogP contribution in [0.25, 0.3) is 0 Å². The third-order valence-corrected chi connectivity index (χ3v) is 3.33. The van der Waals surface area contributed by atoms with Gasteiger partial charge < -0.3 is 10.1 Å². The van der Waals surface area contributed by atoms with E-state index in [4.69, 9.17) is 0 Å². The molecule has 1 heterocycles. The standard InChI is InChI=1S/C13H11F3N2O2S/c1-2-20-11(19)9-10(13(14,15)16)18-12(21-9)17-8-6-4-3-5-7-8/h3-7H,2H2,1H3,(H,17,18). The largest absolute Gasteiger partial charge is 0.462 e. The molecule has 0 fully saturated rings. The Hall–Kier alpha value is -2.09. The Balaban J connectivity index is 2.34. The van der Waals surface area contributed by atoms with Gasteiger partial charge in [0.05, 0.1) is 6.61 Å². The summed E-state index contributed by atoms with van der Waals surface area (Å²) in [6.07, 6.45) is -4.71. The van der Waals surface area contributed by atoms with Crippen molar-refractivity contribution in [2.45, 2.75) is 13.1 Å². The number of carbonyl (C=O) groups excluding carboxylic acids is 1. The van der Waals surface area contributed by atoms with E-state index in [-0.39, 0.29) is 11.7 Å². The van der Waals surface area contributed by atoms with E-state index in [0.717, 1.165) is 0 Å². The molecule has 0 aliphatic heterocycles. The Morgan fingerprint density at radius 3 is 2.57 bits per heavy atom. The number of rotatable bonds is 4. The molecule has 0 radical (unpaired) electrons. The van der Waals surface area contributed by atoms with Crippen molar-refractivity contribution in [3.05, 3.63) is 40.9 Å². The van der Waals surface area contributed by atoms with Crippen molar-refractivity contribution in [2.75, 3.05) is 11.9 Å². The molecule has 0 aliphatic carbocycles. The molecule has 1 aromatic carbocycles. The van der Waals surface area contributed by atoms with Gasteiger partial charge in [0, 0.05) is 5.69 Å². The van der Waals surface area contributed by atoms with E-state index >= 15 is 0 Å². The minimum absolute atomic E-state index is 0.00449. The molecule has 2 rings (SSSR count). The van der Waals surface area contributed by atoms with Crippen LogP contribution in [0, 0.1) is 0 Å². The topological polar surface area (TPSA) is 51.2 Å². The van der Waals surface area contributed by atoms with E-state index in [9.17, 15) is 18.0 Å². The fourth-order valence-corrected chi connectivity index (χ4v) is 2.45. The average molecular weight is 316 g/mol. The number of para-hydroxylation sites is 1. The zero-order valence-corrected chi connectivity index (χ0v) is 11.7. The summed E-state index contributed by atoms with van der Waals surface area (Å²) in [5.74, 6) is -1.02. The first-order chi connectivity index (χ1) is 9.91. The molecule has 2 aromatic rings. The van der Waals surface area contributed by atoms with E-state index in [1.807, 2.05) is 0 Å². The monoisotopic (exact) mass is 316 g/mol. The highest BCUT2D eigenvalue weighted by Gasteiger charge is 2.40. The van der Waals surface area contributed by atoms with Crippen LogP contribution < -0.4 is 5.32 Å². The highest BCUT2D eigenvalue weighted by atomic mass is 32.1. The highest BCUT2D eigenvalue weighted by molar-refractivity contribution is 7.17. The third-order valence-electron chi connectivity index (χ3n) is 2.38. The summed E-state index contributed by atoms with van der Waals surface area (Å²) in [4.78, 5) is 14.5. The highest BCUT2D eigenvalue weighted by Crippen LogP contribution is 2.37. The fourth-order valence-electron chi connectivity index (χ4n) is 1.55. The fraction of sp³-hybridized carbons (Fsp3) is 0.231. The molecule has 0 aliphatic rings. The summed E-state index contributed by atoms with van der Waals surface area (Å²) < 4.78 is 43.4. The van der Waals surface area contributed by atoms with E-state index in [0.29, 0.717) is 17.0 Å². The van der Waals surface area contributed by atoms with Gasteiger partial charge in [-0.1, -0.05) is 29.5 Å². The number of anilines is 2. The van der Waals surface area contributed by atoms with Crippen LogP contribution in [0.5, 0.6) is 0 Å². The average Bonchev–Trinajstić information content (AvgIpc) is 2.84. The second kappa shape index (κ2) is 6.13. The third kappa shape index (κ3) is 3.72. The summed E-state index contributed by atoms with van der Waals surface area (Å²) in [5, 5.41) is 2.72. The first-order valence-corrected chi connectivity index (χ1v) is 6.80. The zero-order valence-electron chi connectivity index (χ0n) is 10.9.